The van der Waals surface area contributed by atoms with E-state index < -0.39 is 0 Å². The molecule has 0 aliphatic rings. The van der Waals surface area contributed by atoms with Gasteiger partial charge in [0.2, 0.25) is 0 Å². The summed E-state index contributed by atoms with van der Waals surface area (Å²) in [4.78, 5) is 4.20. The number of hydrogen-bond acceptors (Lipinski definition) is 4. The second-order valence-corrected chi connectivity index (χ2v) is 4.93. The van der Waals surface area contributed by atoms with Crippen LogP contribution in [0, 0.1) is 5.82 Å². The van der Waals surface area contributed by atoms with E-state index in [2.05, 4.69) is 17.2 Å². The third kappa shape index (κ3) is 4.61. The van der Waals surface area contributed by atoms with Gasteiger partial charge >= 0.3 is 0 Å². The smallest absolute Gasteiger partial charge is 0.126 e. The van der Waals surface area contributed by atoms with Gasteiger partial charge in [-0.3, -0.25) is 0 Å². The van der Waals surface area contributed by atoms with Crippen molar-refractivity contribution >= 4 is 11.3 Å². The number of nitrogens with one attached hydrogen (secondary N) is 1. The monoisotopic (exact) mass is 280 g/mol. The third-order valence-corrected chi connectivity index (χ3v) is 3.35. The van der Waals surface area contributed by atoms with Gasteiger partial charge in [-0.25, -0.2) is 9.37 Å². The molecule has 2 aromatic rings. The lowest BCUT2D eigenvalue weighted by Gasteiger charge is -2.18. The summed E-state index contributed by atoms with van der Waals surface area (Å²) in [7, 11) is 0. The van der Waals surface area contributed by atoms with Crippen LogP contribution < -0.4 is 10.1 Å². The molecule has 1 atom stereocenters. The molecule has 0 fully saturated rings. The minimum absolute atomic E-state index is 0.0282. The molecule has 0 bridgehead atoms. The average molecular weight is 280 g/mol. The van der Waals surface area contributed by atoms with Crippen LogP contribution in [0.5, 0.6) is 5.75 Å². The van der Waals surface area contributed by atoms with Crippen LogP contribution >= 0.6 is 11.3 Å². The second kappa shape index (κ2) is 7.21. The maximum absolute atomic E-state index is 13.1. The summed E-state index contributed by atoms with van der Waals surface area (Å²) >= 11 is 1.58. The van der Waals surface area contributed by atoms with Gasteiger partial charge in [-0.1, -0.05) is 13.0 Å². The molecular weight excluding hydrogens is 263 g/mol. The fourth-order valence-electron chi connectivity index (χ4n) is 1.69. The predicted octanol–water partition coefficient (Wildman–Crippen LogP) is 3.23. The van der Waals surface area contributed by atoms with Crippen LogP contribution in [0.15, 0.2) is 35.2 Å². The highest BCUT2D eigenvalue weighted by Crippen LogP contribution is 2.14. The largest absolute Gasteiger partial charge is 0.489 e. The van der Waals surface area contributed by atoms with Gasteiger partial charge in [0, 0.05) is 24.5 Å². The first-order valence-electron chi connectivity index (χ1n) is 6.28. The lowest BCUT2D eigenvalue weighted by Crippen LogP contribution is -2.30. The van der Waals surface area contributed by atoms with Crippen LogP contribution in [-0.2, 0) is 6.54 Å². The molecule has 0 aliphatic carbocycles. The quantitative estimate of drug-likeness (QED) is 0.845. The molecule has 1 heterocycles. The fourth-order valence-corrected chi connectivity index (χ4v) is 2.25. The molecule has 1 aromatic carbocycles. The van der Waals surface area contributed by atoms with Crippen molar-refractivity contribution < 1.29 is 9.13 Å². The third-order valence-electron chi connectivity index (χ3n) is 2.72. The van der Waals surface area contributed by atoms with Gasteiger partial charge in [0.15, 0.2) is 0 Å². The highest BCUT2D eigenvalue weighted by molar-refractivity contribution is 7.07. The van der Waals surface area contributed by atoms with Crippen molar-refractivity contribution in [3.8, 4) is 5.75 Å². The molecule has 0 saturated heterocycles. The number of hydrogen-bond donors (Lipinski definition) is 1. The topological polar surface area (TPSA) is 34.2 Å². The molecule has 0 aliphatic heterocycles. The lowest BCUT2D eigenvalue weighted by molar-refractivity contribution is 0.192. The average Bonchev–Trinajstić information content (AvgIpc) is 2.91. The standard InChI is InChI=1S/C14H17FN2OS/c1-2-13(8-16-7-12-9-19-10-17-12)18-14-5-3-4-11(15)6-14/h3-6,9-10,13,16H,2,7-8H2,1H3. The Labute approximate surface area is 116 Å². The first kappa shape index (κ1) is 14.0. The Morgan fingerprint density at radius 3 is 3.05 bits per heavy atom. The van der Waals surface area contributed by atoms with E-state index in [4.69, 9.17) is 4.74 Å². The molecule has 3 nitrogen and oxygen atoms in total. The summed E-state index contributed by atoms with van der Waals surface area (Å²) < 4.78 is 18.8. The normalized spacial score (nSPS) is 12.3. The summed E-state index contributed by atoms with van der Waals surface area (Å²) in [5.41, 5.74) is 2.85. The van der Waals surface area contributed by atoms with E-state index in [-0.39, 0.29) is 11.9 Å². The van der Waals surface area contributed by atoms with Crippen molar-refractivity contribution in [1.29, 1.82) is 0 Å². The Morgan fingerprint density at radius 1 is 1.47 bits per heavy atom. The van der Waals surface area contributed by atoms with Gasteiger partial charge < -0.3 is 10.1 Å². The SMILES string of the molecule is CCC(CNCc1cscn1)Oc1cccc(F)c1. The van der Waals surface area contributed by atoms with Crippen LogP contribution in [0.2, 0.25) is 0 Å². The Balaban J connectivity index is 1.80. The van der Waals surface area contributed by atoms with Gasteiger partial charge in [-0.05, 0) is 18.6 Å². The number of benzene rings is 1. The van der Waals surface area contributed by atoms with Gasteiger partial charge in [0.05, 0.1) is 11.2 Å². The summed E-state index contributed by atoms with van der Waals surface area (Å²) in [5, 5.41) is 5.31. The van der Waals surface area contributed by atoms with Gasteiger partial charge in [-0.15, -0.1) is 11.3 Å². The maximum Gasteiger partial charge on any atom is 0.126 e. The van der Waals surface area contributed by atoms with Crippen LogP contribution in [-0.4, -0.2) is 17.6 Å². The van der Waals surface area contributed by atoms with Crippen molar-refractivity contribution in [1.82, 2.24) is 10.3 Å². The zero-order valence-electron chi connectivity index (χ0n) is 10.8. The molecule has 1 N–H and O–H groups in total. The van der Waals surface area contributed by atoms with Crippen LogP contribution in [0.1, 0.15) is 19.0 Å². The number of halogens is 1. The zero-order valence-corrected chi connectivity index (χ0v) is 11.6. The molecule has 19 heavy (non-hydrogen) atoms. The molecule has 1 unspecified atom stereocenters. The summed E-state index contributed by atoms with van der Waals surface area (Å²) in [6.45, 7) is 3.49. The van der Waals surface area contributed by atoms with Crippen molar-refractivity contribution in [3.05, 3.63) is 46.7 Å². The number of nitrogens with zero attached hydrogens (tertiary/aromatic N) is 1. The van der Waals surface area contributed by atoms with Gasteiger partial charge in [0.1, 0.15) is 17.7 Å². The number of thiazole rings is 1. The molecular formula is C14H17FN2OS. The van der Waals surface area contributed by atoms with E-state index in [1.165, 1.54) is 12.1 Å². The van der Waals surface area contributed by atoms with Crippen LogP contribution in [0.4, 0.5) is 4.39 Å². The Kier molecular flexibility index (Phi) is 5.30. The van der Waals surface area contributed by atoms with E-state index in [0.29, 0.717) is 12.3 Å². The van der Waals surface area contributed by atoms with Crippen molar-refractivity contribution in [2.75, 3.05) is 6.54 Å². The second-order valence-electron chi connectivity index (χ2n) is 4.22. The van der Waals surface area contributed by atoms with Gasteiger partial charge in [-0.2, -0.15) is 0 Å². The molecule has 2 rings (SSSR count). The highest BCUT2D eigenvalue weighted by Gasteiger charge is 2.08. The minimum Gasteiger partial charge on any atom is -0.489 e. The van der Waals surface area contributed by atoms with Crippen molar-refractivity contribution in [2.24, 2.45) is 0 Å². The first-order valence-corrected chi connectivity index (χ1v) is 7.22. The molecule has 0 radical (unpaired) electrons. The van der Waals surface area contributed by atoms with Crippen molar-refractivity contribution in [3.63, 3.8) is 0 Å². The van der Waals surface area contributed by atoms with E-state index in [9.17, 15) is 4.39 Å². The Hall–Kier alpha value is -1.46. The summed E-state index contributed by atoms with van der Waals surface area (Å²) in [6.07, 6.45) is 0.890. The number of aromatic nitrogens is 1. The first-order chi connectivity index (χ1) is 9.28. The molecule has 0 spiro atoms. The molecule has 0 saturated carbocycles. The zero-order chi connectivity index (χ0) is 13.5. The number of ether oxygens (including phenoxy) is 1. The number of rotatable bonds is 7. The fraction of sp³-hybridized carbons (Fsp3) is 0.357. The maximum atomic E-state index is 13.1. The molecule has 5 heteroatoms. The van der Waals surface area contributed by atoms with Crippen LogP contribution in [0.3, 0.4) is 0 Å². The minimum atomic E-state index is -0.275. The van der Waals surface area contributed by atoms with E-state index in [1.807, 2.05) is 10.9 Å². The Bertz CT molecular complexity index is 490. The van der Waals surface area contributed by atoms with Gasteiger partial charge in [0.25, 0.3) is 0 Å². The van der Waals surface area contributed by atoms with E-state index >= 15 is 0 Å². The predicted molar refractivity (Wildman–Crippen MR) is 74.9 cm³/mol. The molecule has 1 aromatic heterocycles. The van der Waals surface area contributed by atoms with Crippen molar-refractivity contribution in [2.45, 2.75) is 26.0 Å². The molecule has 0 amide bonds. The molecule has 102 valence electrons. The highest BCUT2D eigenvalue weighted by atomic mass is 32.1. The summed E-state index contributed by atoms with van der Waals surface area (Å²) in [5.74, 6) is 0.296. The Morgan fingerprint density at radius 2 is 2.37 bits per heavy atom. The lowest BCUT2D eigenvalue weighted by atomic mass is 10.2. The van der Waals surface area contributed by atoms with Crippen LogP contribution in [0.25, 0.3) is 0 Å². The van der Waals surface area contributed by atoms with E-state index in [0.717, 1.165) is 18.7 Å². The summed E-state index contributed by atoms with van der Waals surface area (Å²) in [6, 6.07) is 6.24. The van der Waals surface area contributed by atoms with E-state index in [1.54, 1.807) is 23.5 Å².